The van der Waals surface area contributed by atoms with Gasteiger partial charge in [0.15, 0.2) is 5.78 Å². The molecule has 1 amide bonds. The van der Waals surface area contributed by atoms with E-state index in [1.54, 1.807) is 41.5 Å². The smallest absolute Gasteiger partial charge is 0.410 e. The quantitative estimate of drug-likeness (QED) is 0.581. The van der Waals surface area contributed by atoms with Crippen LogP contribution in [0, 0.1) is 0 Å². The molecule has 0 spiro atoms. The largest absolute Gasteiger partial charge is 0.460 e. The standard InChI is InChI=1S/C16H27NO6/c1-15(2,3)22-13(19)9-11(18)12-10-17(7-8-21-12)14(20)23-16(4,5)6/h12H,7-10H2,1-6H3. The van der Waals surface area contributed by atoms with Crippen molar-refractivity contribution < 1.29 is 28.6 Å². The van der Waals surface area contributed by atoms with E-state index in [1.165, 1.54) is 4.90 Å². The molecule has 0 aromatic rings. The molecule has 7 heteroatoms. The fraction of sp³-hybridized carbons (Fsp3) is 0.812. The second-order valence-electron chi connectivity index (χ2n) is 7.52. The zero-order valence-electron chi connectivity index (χ0n) is 14.8. The molecule has 7 nitrogen and oxygen atoms in total. The van der Waals surface area contributed by atoms with Crippen LogP contribution in [0.1, 0.15) is 48.0 Å². The summed E-state index contributed by atoms with van der Waals surface area (Å²) < 4.78 is 15.8. The van der Waals surface area contributed by atoms with Gasteiger partial charge in [0, 0.05) is 6.54 Å². The molecule has 1 rings (SSSR count). The van der Waals surface area contributed by atoms with Crippen LogP contribution in [0.4, 0.5) is 4.79 Å². The van der Waals surface area contributed by atoms with Crippen molar-refractivity contribution in [3.8, 4) is 0 Å². The molecule has 0 aromatic carbocycles. The van der Waals surface area contributed by atoms with Crippen molar-refractivity contribution in [1.29, 1.82) is 0 Å². The molecule has 0 aliphatic carbocycles. The Hall–Kier alpha value is -1.63. The van der Waals surface area contributed by atoms with E-state index in [1.807, 2.05) is 0 Å². The van der Waals surface area contributed by atoms with E-state index >= 15 is 0 Å². The van der Waals surface area contributed by atoms with Gasteiger partial charge in [-0.05, 0) is 41.5 Å². The highest BCUT2D eigenvalue weighted by Crippen LogP contribution is 2.15. The van der Waals surface area contributed by atoms with Crippen molar-refractivity contribution in [2.75, 3.05) is 19.7 Å². The topological polar surface area (TPSA) is 82.1 Å². The molecule has 1 aliphatic heterocycles. The van der Waals surface area contributed by atoms with Gasteiger partial charge in [0.1, 0.15) is 23.7 Å². The molecular formula is C16H27NO6. The summed E-state index contributed by atoms with van der Waals surface area (Å²) in [7, 11) is 0. The average Bonchev–Trinajstić information content (AvgIpc) is 2.34. The summed E-state index contributed by atoms with van der Waals surface area (Å²) in [6.45, 7) is 11.2. The number of ketones is 1. The molecule has 23 heavy (non-hydrogen) atoms. The highest BCUT2D eigenvalue weighted by Gasteiger charge is 2.33. The molecule has 132 valence electrons. The van der Waals surface area contributed by atoms with Gasteiger partial charge in [-0.15, -0.1) is 0 Å². The first-order chi connectivity index (χ1) is 10.4. The Morgan fingerprint density at radius 3 is 2.13 bits per heavy atom. The van der Waals surface area contributed by atoms with Gasteiger partial charge in [0.2, 0.25) is 0 Å². The maximum Gasteiger partial charge on any atom is 0.410 e. The summed E-state index contributed by atoms with van der Waals surface area (Å²) >= 11 is 0. The molecule has 0 aromatic heterocycles. The Bertz CT molecular complexity index is 460. The molecule has 1 unspecified atom stereocenters. The number of hydrogen-bond donors (Lipinski definition) is 0. The van der Waals surface area contributed by atoms with Crippen LogP contribution >= 0.6 is 0 Å². The number of carbonyl (C=O) groups is 3. The maximum atomic E-state index is 12.1. The minimum Gasteiger partial charge on any atom is -0.460 e. The zero-order chi connectivity index (χ0) is 17.8. The third kappa shape index (κ3) is 7.45. The van der Waals surface area contributed by atoms with Gasteiger partial charge >= 0.3 is 12.1 Å². The van der Waals surface area contributed by atoms with Crippen molar-refractivity contribution >= 4 is 17.8 Å². The monoisotopic (exact) mass is 329 g/mol. The number of ether oxygens (including phenoxy) is 3. The van der Waals surface area contributed by atoms with Gasteiger partial charge in [-0.3, -0.25) is 9.59 Å². The van der Waals surface area contributed by atoms with E-state index < -0.39 is 35.2 Å². The summed E-state index contributed by atoms with van der Waals surface area (Å²) in [5, 5.41) is 0. The lowest BCUT2D eigenvalue weighted by atomic mass is 10.1. The molecule has 1 fully saturated rings. The Morgan fingerprint density at radius 1 is 1.04 bits per heavy atom. The van der Waals surface area contributed by atoms with Crippen molar-refractivity contribution in [3.05, 3.63) is 0 Å². The van der Waals surface area contributed by atoms with Crippen LogP contribution in [-0.2, 0) is 23.8 Å². The predicted octanol–water partition coefficient (Wildman–Crippen LogP) is 1.92. The highest BCUT2D eigenvalue weighted by molar-refractivity contribution is 5.98. The Balaban J connectivity index is 2.56. The number of nitrogens with zero attached hydrogens (tertiary/aromatic N) is 1. The molecule has 0 bridgehead atoms. The van der Waals surface area contributed by atoms with Gasteiger partial charge in [0.25, 0.3) is 0 Å². The van der Waals surface area contributed by atoms with E-state index in [4.69, 9.17) is 14.2 Å². The third-order valence-corrected chi connectivity index (χ3v) is 2.82. The van der Waals surface area contributed by atoms with Crippen molar-refractivity contribution in [3.63, 3.8) is 0 Å². The van der Waals surface area contributed by atoms with E-state index in [0.29, 0.717) is 6.54 Å². The normalized spacial score (nSPS) is 19.2. The molecule has 1 saturated heterocycles. The van der Waals surface area contributed by atoms with E-state index in [9.17, 15) is 14.4 Å². The molecule has 1 heterocycles. The second kappa shape index (κ2) is 7.29. The molecule has 0 N–H and O–H groups in total. The lowest BCUT2D eigenvalue weighted by molar-refractivity contribution is -0.158. The number of rotatable bonds is 3. The number of hydrogen-bond acceptors (Lipinski definition) is 6. The Labute approximate surface area is 137 Å². The van der Waals surface area contributed by atoms with Gasteiger partial charge in [0.05, 0.1) is 13.2 Å². The third-order valence-electron chi connectivity index (χ3n) is 2.82. The fourth-order valence-electron chi connectivity index (χ4n) is 1.97. The van der Waals surface area contributed by atoms with Crippen LogP contribution in [0.5, 0.6) is 0 Å². The van der Waals surface area contributed by atoms with E-state index in [2.05, 4.69) is 0 Å². The van der Waals surface area contributed by atoms with E-state index in [0.717, 1.165) is 0 Å². The lowest BCUT2D eigenvalue weighted by Crippen LogP contribution is -2.50. The van der Waals surface area contributed by atoms with Gasteiger partial charge in [-0.25, -0.2) is 4.79 Å². The molecule has 1 aliphatic rings. The first-order valence-electron chi connectivity index (χ1n) is 7.71. The lowest BCUT2D eigenvalue weighted by Gasteiger charge is -2.33. The van der Waals surface area contributed by atoms with Crippen molar-refractivity contribution in [2.24, 2.45) is 0 Å². The summed E-state index contributed by atoms with van der Waals surface area (Å²) in [6.07, 6.45) is -1.69. The van der Waals surface area contributed by atoms with Gasteiger partial charge < -0.3 is 19.1 Å². The highest BCUT2D eigenvalue weighted by atomic mass is 16.6. The predicted molar refractivity (Wildman–Crippen MR) is 83.0 cm³/mol. The Morgan fingerprint density at radius 2 is 1.61 bits per heavy atom. The number of morpholine rings is 1. The molecule has 1 atom stereocenters. The van der Waals surface area contributed by atoms with Crippen LogP contribution in [-0.4, -0.2) is 59.7 Å². The van der Waals surface area contributed by atoms with Crippen LogP contribution in [0.2, 0.25) is 0 Å². The number of Topliss-reactive ketones (excluding diaryl/α,β-unsaturated/α-hetero) is 1. The molecular weight excluding hydrogens is 302 g/mol. The van der Waals surface area contributed by atoms with Gasteiger partial charge in [-0.2, -0.15) is 0 Å². The maximum absolute atomic E-state index is 12.1. The Kier molecular flexibility index (Phi) is 6.16. The average molecular weight is 329 g/mol. The first-order valence-corrected chi connectivity index (χ1v) is 7.71. The first kappa shape index (κ1) is 19.4. The minimum atomic E-state index is -0.830. The van der Waals surface area contributed by atoms with Crippen LogP contribution < -0.4 is 0 Å². The summed E-state index contributed by atoms with van der Waals surface area (Å²) in [4.78, 5) is 37.3. The van der Waals surface area contributed by atoms with Crippen molar-refractivity contribution in [1.82, 2.24) is 4.90 Å². The SMILES string of the molecule is CC(C)(C)OC(=O)CC(=O)C1CN(C(=O)OC(C)(C)C)CCO1. The van der Waals surface area contributed by atoms with E-state index in [-0.39, 0.29) is 19.6 Å². The summed E-state index contributed by atoms with van der Waals surface area (Å²) in [5.41, 5.74) is -1.25. The number of amides is 1. The van der Waals surface area contributed by atoms with Crippen LogP contribution in [0.15, 0.2) is 0 Å². The molecule has 0 radical (unpaired) electrons. The second-order valence-corrected chi connectivity index (χ2v) is 7.52. The van der Waals surface area contributed by atoms with Crippen molar-refractivity contribution in [2.45, 2.75) is 65.3 Å². The zero-order valence-corrected chi connectivity index (χ0v) is 14.8. The summed E-state index contributed by atoms with van der Waals surface area (Å²) in [5.74, 6) is -0.993. The fourth-order valence-corrected chi connectivity index (χ4v) is 1.97. The molecule has 0 saturated carbocycles. The van der Waals surface area contributed by atoms with Gasteiger partial charge in [-0.1, -0.05) is 0 Å². The number of carbonyl (C=O) groups excluding carboxylic acids is 3. The summed E-state index contributed by atoms with van der Waals surface area (Å²) in [6, 6.07) is 0. The minimum absolute atomic E-state index is 0.0799. The van der Waals surface area contributed by atoms with Crippen LogP contribution in [0.3, 0.4) is 0 Å². The van der Waals surface area contributed by atoms with Crippen LogP contribution in [0.25, 0.3) is 0 Å². The number of esters is 1.